The third-order valence-corrected chi connectivity index (χ3v) is 4.85. The summed E-state index contributed by atoms with van der Waals surface area (Å²) in [5, 5.41) is 7.97. The SMILES string of the molecule is CCCCCN(C=O)Cc1nc2c(N)nc3cc(-c4cc[nH]n4)ccc3c2[nH]1. The van der Waals surface area contributed by atoms with E-state index in [1.807, 2.05) is 24.3 Å². The van der Waals surface area contributed by atoms with Gasteiger partial charge < -0.3 is 15.6 Å². The standard InChI is InChI=1S/C20H23N7O/c1-2-3-4-9-27(12-28)11-17-24-18-14-6-5-13(15-7-8-22-26-15)10-16(14)23-20(21)19(18)25-17/h5-8,10,12H,2-4,9,11H2,1H3,(H2,21,23)(H,22,26)(H,24,25). The van der Waals surface area contributed by atoms with Crippen molar-refractivity contribution in [2.75, 3.05) is 12.3 Å². The predicted octanol–water partition coefficient (Wildman–Crippen LogP) is 3.23. The minimum absolute atomic E-state index is 0.368. The number of anilines is 1. The first kappa shape index (κ1) is 18.0. The van der Waals surface area contributed by atoms with Gasteiger partial charge in [-0.25, -0.2) is 9.97 Å². The topological polar surface area (TPSA) is 117 Å². The van der Waals surface area contributed by atoms with Crippen LogP contribution >= 0.6 is 0 Å². The van der Waals surface area contributed by atoms with Crippen LogP contribution in [-0.2, 0) is 11.3 Å². The molecule has 0 aliphatic carbocycles. The predicted molar refractivity (Wildman–Crippen MR) is 109 cm³/mol. The summed E-state index contributed by atoms with van der Waals surface area (Å²) < 4.78 is 0. The van der Waals surface area contributed by atoms with Crippen molar-refractivity contribution < 1.29 is 4.79 Å². The summed E-state index contributed by atoms with van der Waals surface area (Å²) in [4.78, 5) is 25.6. The molecule has 28 heavy (non-hydrogen) atoms. The molecule has 4 N–H and O–H groups in total. The molecule has 0 fully saturated rings. The van der Waals surface area contributed by atoms with Crippen LogP contribution in [0.1, 0.15) is 32.0 Å². The Balaban J connectivity index is 1.69. The Morgan fingerprint density at radius 3 is 2.86 bits per heavy atom. The van der Waals surface area contributed by atoms with Gasteiger partial charge in [0, 0.05) is 23.7 Å². The number of carbonyl (C=O) groups is 1. The molecule has 4 aromatic rings. The number of carbonyl (C=O) groups excluding carboxylic acids is 1. The van der Waals surface area contributed by atoms with Gasteiger partial charge in [0.15, 0.2) is 5.82 Å². The van der Waals surface area contributed by atoms with E-state index >= 15 is 0 Å². The molecular formula is C20H23N7O. The summed E-state index contributed by atoms with van der Waals surface area (Å²) in [5.41, 5.74) is 10.2. The van der Waals surface area contributed by atoms with Gasteiger partial charge in [-0.2, -0.15) is 5.10 Å². The van der Waals surface area contributed by atoms with E-state index in [0.29, 0.717) is 23.7 Å². The fourth-order valence-electron chi connectivity index (χ4n) is 3.40. The van der Waals surface area contributed by atoms with E-state index in [4.69, 9.17) is 5.73 Å². The number of H-pyrrole nitrogens is 2. The number of rotatable bonds is 8. The molecule has 8 heteroatoms. The van der Waals surface area contributed by atoms with E-state index < -0.39 is 0 Å². The molecule has 0 unspecified atom stereocenters. The number of hydrogen-bond acceptors (Lipinski definition) is 5. The van der Waals surface area contributed by atoms with Gasteiger partial charge in [-0.3, -0.25) is 9.89 Å². The van der Waals surface area contributed by atoms with Crippen molar-refractivity contribution in [2.45, 2.75) is 32.7 Å². The lowest BCUT2D eigenvalue weighted by Gasteiger charge is -2.15. The zero-order valence-electron chi connectivity index (χ0n) is 15.8. The van der Waals surface area contributed by atoms with Crippen LogP contribution in [0.3, 0.4) is 0 Å². The van der Waals surface area contributed by atoms with Crippen molar-refractivity contribution in [3.63, 3.8) is 0 Å². The maximum absolute atomic E-state index is 11.4. The maximum atomic E-state index is 11.4. The van der Waals surface area contributed by atoms with Crippen LogP contribution in [0.25, 0.3) is 33.2 Å². The summed E-state index contributed by atoms with van der Waals surface area (Å²) in [6, 6.07) is 7.86. The molecule has 0 spiro atoms. The Labute approximate surface area is 162 Å². The number of nitrogen functional groups attached to an aromatic ring is 1. The quantitative estimate of drug-likeness (QED) is 0.322. The first-order valence-electron chi connectivity index (χ1n) is 9.47. The number of aromatic amines is 2. The van der Waals surface area contributed by atoms with Gasteiger partial charge in [0.25, 0.3) is 0 Å². The van der Waals surface area contributed by atoms with E-state index in [-0.39, 0.29) is 0 Å². The number of fused-ring (bicyclic) bond motifs is 3. The second-order valence-electron chi connectivity index (χ2n) is 6.88. The average molecular weight is 377 g/mol. The van der Waals surface area contributed by atoms with Gasteiger partial charge in [0.2, 0.25) is 6.41 Å². The van der Waals surface area contributed by atoms with Gasteiger partial charge in [0.05, 0.1) is 23.3 Å². The molecule has 1 aromatic carbocycles. The molecular weight excluding hydrogens is 354 g/mol. The summed E-state index contributed by atoms with van der Waals surface area (Å²) in [6.45, 7) is 3.28. The molecule has 0 bridgehead atoms. The molecule has 1 amide bonds. The summed E-state index contributed by atoms with van der Waals surface area (Å²) in [7, 11) is 0. The Kier molecular flexibility index (Phi) is 4.92. The highest BCUT2D eigenvalue weighted by atomic mass is 16.1. The van der Waals surface area contributed by atoms with E-state index in [1.54, 1.807) is 11.1 Å². The number of hydrogen-bond donors (Lipinski definition) is 3. The van der Waals surface area contributed by atoms with Crippen molar-refractivity contribution in [1.29, 1.82) is 0 Å². The molecule has 4 rings (SSSR count). The molecule has 3 aromatic heterocycles. The average Bonchev–Trinajstić information content (AvgIpc) is 3.37. The first-order chi connectivity index (χ1) is 13.7. The molecule has 0 radical (unpaired) electrons. The third-order valence-electron chi connectivity index (χ3n) is 4.85. The van der Waals surface area contributed by atoms with Gasteiger partial charge in [0.1, 0.15) is 11.3 Å². The largest absolute Gasteiger partial charge is 0.382 e. The highest BCUT2D eigenvalue weighted by Gasteiger charge is 2.14. The van der Waals surface area contributed by atoms with Crippen molar-refractivity contribution in [2.24, 2.45) is 0 Å². The van der Waals surface area contributed by atoms with Crippen LogP contribution in [0.2, 0.25) is 0 Å². The van der Waals surface area contributed by atoms with E-state index in [0.717, 1.165) is 59.9 Å². The fourth-order valence-corrected chi connectivity index (χ4v) is 3.40. The van der Waals surface area contributed by atoms with Crippen LogP contribution in [0, 0.1) is 0 Å². The van der Waals surface area contributed by atoms with E-state index in [1.165, 1.54) is 0 Å². The Morgan fingerprint density at radius 1 is 1.21 bits per heavy atom. The highest BCUT2D eigenvalue weighted by Crippen LogP contribution is 2.29. The van der Waals surface area contributed by atoms with Crippen LogP contribution in [0.15, 0.2) is 30.5 Å². The van der Waals surface area contributed by atoms with Crippen LogP contribution in [0.5, 0.6) is 0 Å². The van der Waals surface area contributed by atoms with Gasteiger partial charge in [-0.15, -0.1) is 0 Å². The number of nitrogens with zero attached hydrogens (tertiary/aromatic N) is 4. The minimum Gasteiger partial charge on any atom is -0.382 e. The highest BCUT2D eigenvalue weighted by molar-refractivity contribution is 6.07. The monoisotopic (exact) mass is 377 g/mol. The molecule has 144 valence electrons. The maximum Gasteiger partial charge on any atom is 0.210 e. The van der Waals surface area contributed by atoms with Crippen LogP contribution in [-0.4, -0.2) is 43.0 Å². The van der Waals surface area contributed by atoms with Crippen LogP contribution in [0.4, 0.5) is 5.82 Å². The number of amides is 1. The lowest BCUT2D eigenvalue weighted by Crippen LogP contribution is -2.23. The Bertz CT molecular complexity index is 1100. The number of benzene rings is 1. The number of imidazole rings is 1. The molecule has 0 atom stereocenters. The third kappa shape index (κ3) is 3.40. The van der Waals surface area contributed by atoms with Gasteiger partial charge in [-0.05, 0) is 24.6 Å². The lowest BCUT2D eigenvalue weighted by molar-refractivity contribution is -0.118. The van der Waals surface area contributed by atoms with Gasteiger partial charge >= 0.3 is 0 Å². The smallest absolute Gasteiger partial charge is 0.210 e. The van der Waals surface area contributed by atoms with Crippen molar-refractivity contribution in [3.8, 4) is 11.3 Å². The summed E-state index contributed by atoms with van der Waals surface area (Å²) >= 11 is 0. The Morgan fingerprint density at radius 2 is 2.11 bits per heavy atom. The zero-order valence-corrected chi connectivity index (χ0v) is 15.8. The van der Waals surface area contributed by atoms with Crippen molar-refractivity contribution in [1.82, 2.24) is 30.0 Å². The molecule has 0 saturated heterocycles. The van der Waals surface area contributed by atoms with Crippen molar-refractivity contribution >= 4 is 34.2 Å². The number of aromatic nitrogens is 5. The first-order valence-corrected chi connectivity index (χ1v) is 9.47. The number of nitrogens with one attached hydrogen (secondary N) is 2. The summed E-state index contributed by atoms with van der Waals surface area (Å²) in [5.74, 6) is 1.07. The van der Waals surface area contributed by atoms with Crippen LogP contribution < -0.4 is 5.73 Å². The van der Waals surface area contributed by atoms with E-state index in [2.05, 4.69) is 32.1 Å². The molecule has 0 aliphatic rings. The molecule has 0 saturated carbocycles. The second-order valence-corrected chi connectivity index (χ2v) is 6.88. The second kappa shape index (κ2) is 7.67. The molecule has 3 heterocycles. The molecule has 8 nitrogen and oxygen atoms in total. The van der Waals surface area contributed by atoms with Gasteiger partial charge in [-0.1, -0.05) is 25.8 Å². The van der Waals surface area contributed by atoms with E-state index in [9.17, 15) is 4.79 Å². The molecule has 0 aliphatic heterocycles. The number of unbranched alkanes of at least 4 members (excludes halogenated alkanes) is 2. The number of pyridine rings is 1. The summed E-state index contributed by atoms with van der Waals surface area (Å²) in [6.07, 6.45) is 5.86. The zero-order chi connectivity index (χ0) is 19.5. The Hall–Kier alpha value is -3.42. The lowest BCUT2D eigenvalue weighted by atomic mass is 10.1. The minimum atomic E-state index is 0.368. The van der Waals surface area contributed by atoms with Crippen molar-refractivity contribution in [3.05, 3.63) is 36.3 Å². The fraction of sp³-hybridized carbons (Fsp3) is 0.300. The normalized spacial score (nSPS) is 11.3. The number of nitrogens with two attached hydrogens (primary N) is 1.